The molecule has 2 fully saturated rings. The van der Waals surface area contributed by atoms with Crippen LogP contribution in [0.5, 0.6) is 0 Å². The summed E-state index contributed by atoms with van der Waals surface area (Å²) >= 11 is 0. The van der Waals surface area contributed by atoms with Crippen molar-refractivity contribution in [2.75, 3.05) is 13.6 Å². The largest absolute Gasteiger partial charge is 0.469 e. The van der Waals surface area contributed by atoms with Crippen LogP contribution >= 0.6 is 0 Å². The molecule has 2 aliphatic rings. The van der Waals surface area contributed by atoms with Gasteiger partial charge in [-0.15, -0.1) is 0 Å². The van der Waals surface area contributed by atoms with Gasteiger partial charge in [-0.25, -0.2) is 0 Å². The third-order valence-corrected chi connectivity index (χ3v) is 4.18. The van der Waals surface area contributed by atoms with Crippen molar-refractivity contribution in [3.8, 4) is 0 Å². The van der Waals surface area contributed by atoms with Crippen molar-refractivity contribution in [1.29, 1.82) is 0 Å². The lowest BCUT2D eigenvalue weighted by Crippen LogP contribution is -2.18. The number of rotatable bonds is 3. The van der Waals surface area contributed by atoms with Crippen LogP contribution in [0.2, 0.25) is 0 Å². The second-order valence-electron chi connectivity index (χ2n) is 5.63. The van der Waals surface area contributed by atoms with Crippen molar-refractivity contribution in [3.05, 3.63) is 35.9 Å². The Morgan fingerprint density at radius 2 is 2.30 bits per heavy atom. The predicted molar refractivity (Wildman–Crippen MR) is 68.1 cm³/mol. The van der Waals surface area contributed by atoms with Gasteiger partial charge < -0.3 is 13.8 Å². The van der Waals surface area contributed by atoms with Crippen molar-refractivity contribution in [2.45, 2.75) is 30.6 Å². The SMILES string of the molecule is CN1CC(c2noc(C3CC3c3ccco3)n2)CC1=O. The van der Waals surface area contributed by atoms with Gasteiger partial charge in [-0.3, -0.25) is 4.79 Å². The number of hydrogen-bond donors (Lipinski definition) is 0. The van der Waals surface area contributed by atoms with E-state index >= 15 is 0 Å². The van der Waals surface area contributed by atoms with E-state index in [1.54, 1.807) is 18.2 Å². The van der Waals surface area contributed by atoms with Gasteiger partial charge in [-0.1, -0.05) is 5.16 Å². The van der Waals surface area contributed by atoms with Crippen LogP contribution in [-0.4, -0.2) is 34.5 Å². The molecule has 2 aromatic heterocycles. The van der Waals surface area contributed by atoms with Gasteiger partial charge in [0.2, 0.25) is 11.8 Å². The molecule has 1 saturated heterocycles. The fourth-order valence-corrected chi connectivity index (χ4v) is 2.88. The van der Waals surface area contributed by atoms with Gasteiger partial charge in [0.1, 0.15) is 5.76 Å². The molecule has 6 heteroatoms. The molecule has 3 atom stereocenters. The first-order valence-electron chi connectivity index (χ1n) is 6.83. The number of likely N-dealkylation sites (N-methyl/N-ethyl adjacent to an activating group) is 1. The summed E-state index contributed by atoms with van der Waals surface area (Å²) in [4.78, 5) is 17.7. The molecule has 4 rings (SSSR count). The minimum absolute atomic E-state index is 0.0609. The second kappa shape index (κ2) is 4.19. The Balaban J connectivity index is 1.48. The van der Waals surface area contributed by atoms with Crippen LogP contribution in [0.4, 0.5) is 0 Å². The molecule has 0 aromatic carbocycles. The number of nitrogens with zero attached hydrogens (tertiary/aromatic N) is 3. The first-order chi connectivity index (χ1) is 9.72. The first-order valence-corrected chi connectivity index (χ1v) is 6.83. The van der Waals surface area contributed by atoms with Gasteiger partial charge in [-0.2, -0.15) is 4.98 Å². The zero-order valence-corrected chi connectivity index (χ0v) is 11.2. The lowest BCUT2D eigenvalue weighted by Gasteiger charge is -2.06. The fraction of sp³-hybridized carbons (Fsp3) is 0.500. The van der Waals surface area contributed by atoms with E-state index in [0.717, 1.165) is 12.2 Å². The second-order valence-corrected chi connectivity index (χ2v) is 5.63. The smallest absolute Gasteiger partial charge is 0.230 e. The number of carbonyl (C=O) groups excluding carboxylic acids is 1. The lowest BCUT2D eigenvalue weighted by atomic mass is 10.1. The molecule has 0 radical (unpaired) electrons. The monoisotopic (exact) mass is 273 g/mol. The maximum Gasteiger partial charge on any atom is 0.230 e. The van der Waals surface area contributed by atoms with Gasteiger partial charge >= 0.3 is 0 Å². The molecule has 1 aliphatic heterocycles. The minimum Gasteiger partial charge on any atom is -0.469 e. The van der Waals surface area contributed by atoms with Crippen LogP contribution in [0, 0.1) is 0 Å². The quantitative estimate of drug-likeness (QED) is 0.853. The van der Waals surface area contributed by atoms with Crippen molar-refractivity contribution >= 4 is 5.91 Å². The van der Waals surface area contributed by atoms with Crippen molar-refractivity contribution < 1.29 is 13.7 Å². The molecule has 0 bridgehead atoms. The molecule has 104 valence electrons. The van der Waals surface area contributed by atoms with Gasteiger partial charge in [0.05, 0.1) is 6.26 Å². The Labute approximate surface area is 115 Å². The summed E-state index contributed by atoms with van der Waals surface area (Å²) < 4.78 is 10.8. The molecule has 0 spiro atoms. The third kappa shape index (κ3) is 1.83. The summed E-state index contributed by atoms with van der Waals surface area (Å²) in [6.07, 6.45) is 3.14. The highest BCUT2D eigenvalue weighted by Gasteiger charge is 2.46. The van der Waals surface area contributed by atoms with E-state index in [1.807, 2.05) is 12.1 Å². The zero-order valence-electron chi connectivity index (χ0n) is 11.2. The normalized spacial score (nSPS) is 29.1. The van der Waals surface area contributed by atoms with Crippen LogP contribution in [0.25, 0.3) is 0 Å². The average Bonchev–Trinajstić information content (AvgIpc) is 2.89. The number of hydrogen-bond acceptors (Lipinski definition) is 5. The Kier molecular flexibility index (Phi) is 2.45. The van der Waals surface area contributed by atoms with Crippen molar-refractivity contribution in [2.24, 2.45) is 0 Å². The Bertz CT molecular complexity index is 634. The van der Waals surface area contributed by atoms with Crippen molar-refractivity contribution in [3.63, 3.8) is 0 Å². The number of carbonyl (C=O) groups is 1. The molecule has 2 aromatic rings. The van der Waals surface area contributed by atoms with Crippen LogP contribution in [-0.2, 0) is 4.79 Å². The van der Waals surface area contributed by atoms with Crippen LogP contribution in [0.15, 0.2) is 27.3 Å². The topological polar surface area (TPSA) is 72.4 Å². The van der Waals surface area contributed by atoms with Gasteiger partial charge in [0, 0.05) is 37.8 Å². The zero-order chi connectivity index (χ0) is 13.7. The molecule has 3 heterocycles. The molecule has 0 N–H and O–H groups in total. The highest BCUT2D eigenvalue weighted by Crippen LogP contribution is 2.54. The predicted octanol–water partition coefficient (Wildman–Crippen LogP) is 1.88. The number of amides is 1. The number of likely N-dealkylation sites (tertiary alicyclic amines) is 1. The van der Waals surface area contributed by atoms with E-state index in [4.69, 9.17) is 8.94 Å². The summed E-state index contributed by atoms with van der Waals surface area (Å²) in [5.74, 6) is 3.12. The molecule has 1 saturated carbocycles. The number of aromatic nitrogens is 2. The van der Waals surface area contributed by atoms with Crippen LogP contribution in [0.1, 0.15) is 48.1 Å². The summed E-state index contributed by atoms with van der Waals surface area (Å²) in [7, 11) is 1.80. The Morgan fingerprint density at radius 3 is 3.00 bits per heavy atom. The molecular formula is C14H15N3O3. The van der Waals surface area contributed by atoms with E-state index < -0.39 is 0 Å². The maximum atomic E-state index is 11.5. The molecule has 1 amide bonds. The summed E-state index contributed by atoms with van der Waals surface area (Å²) in [6.45, 7) is 0.671. The minimum atomic E-state index is 0.0609. The molecule has 20 heavy (non-hydrogen) atoms. The fourth-order valence-electron chi connectivity index (χ4n) is 2.88. The highest BCUT2D eigenvalue weighted by molar-refractivity contribution is 5.79. The van der Waals surface area contributed by atoms with Gasteiger partial charge in [-0.05, 0) is 18.6 Å². The molecule has 1 aliphatic carbocycles. The Hall–Kier alpha value is -2.11. The number of furan rings is 1. The summed E-state index contributed by atoms with van der Waals surface area (Å²) in [5, 5.41) is 4.05. The van der Waals surface area contributed by atoms with E-state index in [9.17, 15) is 4.79 Å². The van der Waals surface area contributed by atoms with Crippen LogP contribution < -0.4 is 0 Å². The van der Waals surface area contributed by atoms with E-state index in [2.05, 4.69) is 10.1 Å². The molecule has 3 unspecified atom stereocenters. The molecular weight excluding hydrogens is 258 g/mol. The van der Waals surface area contributed by atoms with E-state index in [1.165, 1.54) is 0 Å². The average molecular weight is 273 g/mol. The summed E-state index contributed by atoms with van der Waals surface area (Å²) in [6, 6.07) is 3.87. The van der Waals surface area contributed by atoms with Gasteiger partial charge in [0.15, 0.2) is 5.82 Å². The van der Waals surface area contributed by atoms with Crippen molar-refractivity contribution in [1.82, 2.24) is 15.0 Å². The maximum absolute atomic E-state index is 11.5. The van der Waals surface area contributed by atoms with E-state index in [0.29, 0.717) is 30.6 Å². The third-order valence-electron chi connectivity index (χ3n) is 4.18. The lowest BCUT2D eigenvalue weighted by molar-refractivity contribution is -0.126. The first kappa shape index (κ1) is 11.7. The highest BCUT2D eigenvalue weighted by atomic mass is 16.5. The van der Waals surface area contributed by atoms with Crippen LogP contribution in [0.3, 0.4) is 0 Å². The summed E-state index contributed by atoms with van der Waals surface area (Å²) in [5.41, 5.74) is 0. The van der Waals surface area contributed by atoms with E-state index in [-0.39, 0.29) is 17.7 Å². The standard InChI is InChI=1S/C14H15N3O3/c1-17-7-8(5-12(17)18)13-15-14(20-16-13)10-6-9(10)11-3-2-4-19-11/h2-4,8-10H,5-7H2,1H3. The van der Waals surface area contributed by atoms with Gasteiger partial charge in [0.25, 0.3) is 0 Å². The molecule has 6 nitrogen and oxygen atoms in total. The Morgan fingerprint density at radius 1 is 1.40 bits per heavy atom.